The molecule has 1 saturated carbocycles. The van der Waals surface area contributed by atoms with Crippen LogP contribution in [-0.4, -0.2) is 30.8 Å². The topological polar surface area (TPSA) is 27.3 Å². The molecule has 2 aliphatic rings. The zero-order chi connectivity index (χ0) is 20.1. The molecule has 2 N–H and O–H groups in total. The van der Waals surface area contributed by atoms with Crippen LogP contribution in [0.2, 0.25) is 0 Å². The van der Waals surface area contributed by atoms with Crippen molar-refractivity contribution in [2.75, 3.05) is 24.5 Å². The number of piperidine rings is 1. The minimum atomic E-state index is 0.582. The zero-order valence-electron chi connectivity index (χ0n) is 17.4. The second-order valence-electron chi connectivity index (χ2n) is 8.40. The third-order valence-corrected chi connectivity index (χ3v) is 6.64. The lowest BCUT2D eigenvalue weighted by atomic mass is 9.93. The van der Waals surface area contributed by atoms with Gasteiger partial charge in [-0.2, -0.15) is 0 Å². The fourth-order valence-electron chi connectivity index (χ4n) is 4.61. The van der Waals surface area contributed by atoms with Gasteiger partial charge in [0.1, 0.15) is 0 Å². The van der Waals surface area contributed by atoms with Crippen LogP contribution in [0.4, 0.5) is 5.69 Å². The molecule has 0 aromatic heterocycles. The van der Waals surface area contributed by atoms with Crippen molar-refractivity contribution in [1.29, 1.82) is 0 Å². The lowest BCUT2D eigenvalue weighted by Gasteiger charge is -2.31. The molecule has 0 radical (unpaired) electrons. The monoisotopic (exact) mass is 407 g/mol. The number of nitrogens with one attached hydrogen (secondary N) is 2. The minimum Gasteiger partial charge on any atom is -0.371 e. The normalized spacial score (nSPS) is 17.0. The van der Waals surface area contributed by atoms with Gasteiger partial charge in [0.2, 0.25) is 0 Å². The van der Waals surface area contributed by atoms with Gasteiger partial charge in [0.05, 0.1) is 0 Å². The lowest BCUT2D eigenvalue weighted by Crippen LogP contribution is -2.45. The lowest BCUT2D eigenvalue weighted by molar-refractivity contribution is 0.382. The molecule has 2 aromatic carbocycles. The Morgan fingerprint density at radius 3 is 2.66 bits per heavy atom. The number of nitrogens with zero attached hydrogens (tertiary/aromatic N) is 1. The molecule has 4 rings (SSSR count). The van der Waals surface area contributed by atoms with E-state index in [0.717, 1.165) is 24.5 Å². The molecule has 0 bridgehead atoms. The van der Waals surface area contributed by atoms with Crippen LogP contribution in [0.1, 0.15) is 49.7 Å². The predicted molar refractivity (Wildman–Crippen MR) is 129 cm³/mol. The molecular weight excluding hydrogens is 374 g/mol. The van der Waals surface area contributed by atoms with E-state index in [2.05, 4.69) is 58.5 Å². The van der Waals surface area contributed by atoms with Gasteiger partial charge in [-0.3, -0.25) is 0 Å². The van der Waals surface area contributed by atoms with Gasteiger partial charge in [0.25, 0.3) is 0 Å². The Labute approximate surface area is 180 Å². The number of rotatable bonds is 7. The van der Waals surface area contributed by atoms with Gasteiger partial charge in [-0.1, -0.05) is 30.3 Å². The predicted octanol–water partition coefficient (Wildman–Crippen LogP) is 5.12. The van der Waals surface area contributed by atoms with Gasteiger partial charge in [0.15, 0.2) is 5.11 Å². The first kappa shape index (κ1) is 20.2. The summed E-state index contributed by atoms with van der Waals surface area (Å²) in [6.07, 6.45) is 11.7. The Kier molecular flexibility index (Phi) is 6.70. The summed E-state index contributed by atoms with van der Waals surface area (Å²) in [6.45, 7) is 7.24. The SMILES string of the molecule is C=CCc1c(N2CCCCC2)ccc2cccc(CCNC(=S)NC3CCC3)c12. The average Bonchev–Trinajstić information content (AvgIpc) is 2.72. The molecule has 29 heavy (non-hydrogen) atoms. The van der Waals surface area contributed by atoms with E-state index in [1.54, 1.807) is 0 Å². The van der Waals surface area contributed by atoms with Gasteiger partial charge in [-0.15, -0.1) is 6.58 Å². The Morgan fingerprint density at radius 2 is 1.93 bits per heavy atom. The first-order valence-corrected chi connectivity index (χ1v) is 11.6. The third kappa shape index (κ3) is 4.75. The summed E-state index contributed by atoms with van der Waals surface area (Å²) in [6, 6.07) is 11.9. The molecule has 0 spiro atoms. The molecule has 1 saturated heterocycles. The van der Waals surface area contributed by atoms with E-state index in [1.807, 2.05) is 0 Å². The van der Waals surface area contributed by atoms with Crippen LogP contribution < -0.4 is 15.5 Å². The van der Waals surface area contributed by atoms with E-state index in [4.69, 9.17) is 12.2 Å². The molecule has 0 atom stereocenters. The van der Waals surface area contributed by atoms with Crippen molar-refractivity contribution in [2.24, 2.45) is 0 Å². The maximum atomic E-state index is 5.47. The van der Waals surface area contributed by atoms with Gasteiger partial charge in [0, 0.05) is 31.4 Å². The summed E-state index contributed by atoms with van der Waals surface area (Å²) >= 11 is 5.47. The highest BCUT2D eigenvalue weighted by Crippen LogP contribution is 2.33. The van der Waals surface area contributed by atoms with Crippen LogP contribution >= 0.6 is 12.2 Å². The van der Waals surface area contributed by atoms with Crippen molar-refractivity contribution in [2.45, 2.75) is 57.4 Å². The van der Waals surface area contributed by atoms with E-state index in [0.29, 0.717) is 6.04 Å². The molecule has 2 fully saturated rings. The van der Waals surface area contributed by atoms with Crippen LogP contribution in [0.5, 0.6) is 0 Å². The van der Waals surface area contributed by atoms with Gasteiger partial charge < -0.3 is 15.5 Å². The summed E-state index contributed by atoms with van der Waals surface area (Å²) < 4.78 is 0. The van der Waals surface area contributed by atoms with E-state index in [-0.39, 0.29) is 0 Å². The van der Waals surface area contributed by atoms with Crippen molar-refractivity contribution in [1.82, 2.24) is 10.6 Å². The Morgan fingerprint density at radius 1 is 1.10 bits per heavy atom. The molecule has 0 unspecified atom stereocenters. The molecule has 1 heterocycles. The smallest absolute Gasteiger partial charge is 0.166 e. The van der Waals surface area contributed by atoms with E-state index in [9.17, 15) is 0 Å². The largest absolute Gasteiger partial charge is 0.371 e. The van der Waals surface area contributed by atoms with Crippen molar-refractivity contribution in [3.05, 3.63) is 54.1 Å². The van der Waals surface area contributed by atoms with Crippen molar-refractivity contribution in [3.63, 3.8) is 0 Å². The second kappa shape index (κ2) is 9.62. The van der Waals surface area contributed by atoms with Gasteiger partial charge in [-0.25, -0.2) is 0 Å². The fourth-order valence-corrected chi connectivity index (χ4v) is 4.88. The Balaban J connectivity index is 1.55. The maximum absolute atomic E-state index is 5.47. The highest BCUT2D eigenvalue weighted by Gasteiger charge is 2.19. The molecule has 1 aliphatic carbocycles. The van der Waals surface area contributed by atoms with Crippen molar-refractivity contribution < 1.29 is 0 Å². The number of fused-ring (bicyclic) bond motifs is 1. The Bertz CT molecular complexity index is 866. The summed E-state index contributed by atoms with van der Waals surface area (Å²) in [5.74, 6) is 0. The summed E-state index contributed by atoms with van der Waals surface area (Å²) in [5, 5.41) is 10.4. The zero-order valence-corrected chi connectivity index (χ0v) is 18.2. The number of hydrogen-bond acceptors (Lipinski definition) is 2. The molecule has 4 heteroatoms. The van der Waals surface area contributed by atoms with E-state index < -0.39 is 0 Å². The fraction of sp³-hybridized carbons (Fsp3) is 0.480. The Hall–Kier alpha value is -2.07. The summed E-state index contributed by atoms with van der Waals surface area (Å²) in [4.78, 5) is 2.58. The number of anilines is 1. The first-order valence-electron chi connectivity index (χ1n) is 11.2. The average molecular weight is 408 g/mol. The standard InChI is InChI=1S/C25H33N3S/c1-2-8-22-23(28-17-4-3-5-18-28)14-13-19-9-6-10-20(24(19)22)15-16-26-25(29)27-21-11-7-12-21/h2,6,9-10,13-14,21H,1,3-5,7-8,11-12,15-18H2,(H2,26,27,29). The first-order chi connectivity index (χ1) is 14.3. The van der Waals surface area contributed by atoms with Crippen LogP contribution in [0.3, 0.4) is 0 Å². The van der Waals surface area contributed by atoms with E-state index >= 15 is 0 Å². The van der Waals surface area contributed by atoms with Crippen LogP contribution in [0.15, 0.2) is 43.0 Å². The van der Waals surface area contributed by atoms with E-state index in [1.165, 1.54) is 79.2 Å². The molecule has 2 aromatic rings. The number of benzene rings is 2. The molecule has 154 valence electrons. The summed E-state index contributed by atoms with van der Waals surface area (Å²) in [7, 11) is 0. The van der Waals surface area contributed by atoms with Gasteiger partial charge >= 0.3 is 0 Å². The molecular formula is C25H33N3S. The number of allylic oxidation sites excluding steroid dienone is 1. The van der Waals surface area contributed by atoms with Crippen LogP contribution in [0.25, 0.3) is 10.8 Å². The summed E-state index contributed by atoms with van der Waals surface area (Å²) in [5.41, 5.74) is 4.24. The molecule has 3 nitrogen and oxygen atoms in total. The minimum absolute atomic E-state index is 0.582. The van der Waals surface area contributed by atoms with Crippen molar-refractivity contribution in [3.8, 4) is 0 Å². The quantitative estimate of drug-likeness (QED) is 0.492. The third-order valence-electron chi connectivity index (χ3n) is 6.38. The highest BCUT2D eigenvalue weighted by atomic mass is 32.1. The second-order valence-corrected chi connectivity index (χ2v) is 8.81. The van der Waals surface area contributed by atoms with Crippen LogP contribution in [-0.2, 0) is 12.8 Å². The number of thiocarbonyl (C=S) groups is 1. The maximum Gasteiger partial charge on any atom is 0.166 e. The number of hydrogen-bond donors (Lipinski definition) is 2. The van der Waals surface area contributed by atoms with Crippen molar-refractivity contribution >= 4 is 33.8 Å². The molecule has 1 aliphatic heterocycles. The highest BCUT2D eigenvalue weighted by molar-refractivity contribution is 7.80. The molecule has 0 amide bonds. The van der Waals surface area contributed by atoms with Gasteiger partial charge in [-0.05, 0) is 91.6 Å². The van der Waals surface area contributed by atoms with Crippen LogP contribution in [0, 0.1) is 0 Å².